The first-order chi connectivity index (χ1) is 22.3. The lowest BCUT2D eigenvalue weighted by Gasteiger charge is -2.25. The second-order valence-corrected chi connectivity index (χ2v) is 11.4. The molecule has 1 aliphatic heterocycles. The molecule has 4 rings (SSSR count). The molecule has 12 nitrogen and oxygen atoms in total. The summed E-state index contributed by atoms with van der Waals surface area (Å²) < 4.78 is 18.5. The van der Waals surface area contributed by atoms with Crippen molar-refractivity contribution in [2.75, 3.05) is 54.1 Å². The van der Waals surface area contributed by atoms with Crippen LogP contribution in [0.3, 0.4) is 0 Å². The van der Waals surface area contributed by atoms with Crippen LogP contribution in [0.4, 0.5) is 0 Å². The third-order valence-electron chi connectivity index (χ3n) is 7.98. The lowest BCUT2D eigenvalue weighted by molar-refractivity contribution is -0.135. The van der Waals surface area contributed by atoms with Crippen LogP contribution in [-0.4, -0.2) is 97.2 Å². The molecule has 2 bridgehead atoms. The van der Waals surface area contributed by atoms with Crippen LogP contribution < -0.4 is 24.8 Å². The van der Waals surface area contributed by atoms with Crippen molar-refractivity contribution < 1.29 is 28.6 Å². The zero-order chi connectivity index (χ0) is 32.9. The lowest BCUT2D eigenvalue weighted by atomic mass is 10.1. The minimum absolute atomic E-state index is 0.0249. The van der Waals surface area contributed by atoms with Gasteiger partial charge >= 0.3 is 0 Å². The summed E-state index contributed by atoms with van der Waals surface area (Å²) in [6.45, 7) is 4.73. The van der Waals surface area contributed by atoms with Crippen molar-refractivity contribution in [2.24, 2.45) is 0 Å². The Kier molecular flexibility index (Phi) is 12.8. The highest BCUT2D eigenvalue weighted by Crippen LogP contribution is 2.28. The topological polar surface area (TPSA) is 127 Å². The molecule has 0 aliphatic carbocycles. The number of carbonyl (C=O) groups is 3. The molecule has 1 aliphatic rings. The number of rotatable bonds is 5. The van der Waals surface area contributed by atoms with Gasteiger partial charge in [0.1, 0.15) is 17.6 Å². The molecule has 0 saturated carbocycles. The summed E-state index contributed by atoms with van der Waals surface area (Å²) in [5.74, 6) is 1.99. The molecule has 0 fully saturated rings. The molecule has 2 N–H and O–H groups in total. The summed E-state index contributed by atoms with van der Waals surface area (Å²) in [6.07, 6.45) is 7.02. The van der Waals surface area contributed by atoms with Gasteiger partial charge < -0.3 is 34.3 Å². The van der Waals surface area contributed by atoms with E-state index in [1.54, 1.807) is 44.3 Å². The molecule has 248 valence electrons. The smallest absolute Gasteiger partial charge is 0.258 e. The summed E-state index contributed by atoms with van der Waals surface area (Å²) >= 11 is 0. The van der Waals surface area contributed by atoms with E-state index in [2.05, 4.69) is 25.1 Å². The fraction of sp³-hybridized carbons (Fsp3) is 0.471. The van der Waals surface area contributed by atoms with Crippen molar-refractivity contribution >= 4 is 17.7 Å². The highest BCUT2D eigenvalue weighted by atomic mass is 16.5. The number of methoxy groups -OCH3 is 2. The van der Waals surface area contributed by atoms with E-state index < -0.39 is 11.9 Å². The first-order valence-corrected chi connectivity index (χ1v) is 15.8. The summed E-state index contributed by atoms with van der Waals surface area (Å²) in [5, 5.41) is 5.78. The van der Waals surface area contributed by atoms with Crippen LogP contribution in [0, 0.1) is 0 Å². The molecule has 0 radical (unpaired) electrons. The number of aryl methyl sites for hydroxylation is 1. The van der Waals surface area contributed by atoms with E-state index in [-0.39, 0.29) is 18.4 Å². The SMILES string of the molecule is COc1ccc(-n2ccnc2CN2CCCCN(C)C(=O)[C@H](C)NC(=O)COc3cc(ccc3OC)CCC(=O)NCCC2)cc1. The lowest BCUT2D eigenvalue weighted by Crippen LogP contribution is -2.47. The Bertz CT molecular complexity index is 1440. The Labute approximate surface area is 271 Å². The number of likely N-dealkylation sites (N-methyl/N-ethyl adjacent to an activating group) is 1. The maximum atomic E-state index is 13.0. The quantitative estimate of drug-likeness (QED) is 0.439. The second-order valence-electron chi connectivity index (χ2n) is 11.4. The number of nitrogens with zero attached hydrogens (tertiary/aromatic N) is 4. The maximum absolute atomic E-state index is 13.0. The van der Waals surface area contributed by atoms with Crippen LogP contribution in [-0.2, 0) is 27.3 Å². The van der Waals surface area contributed by atoms with E-state index >= 15 is 0 Å². The van der Waals surface area contributed by atoms with Gasteiger partial charge in [-0.3, -0.25) is 19.3 Å². The van der Waals surface area contributed by atoms with Crippen LogP contribution in [0.2, 0.25) is 0 Å². The Balaban J connectivity index is 1.44. The molecule has 12 heteroatoms. The van der Waals surface area contributed by atoms with Gasteiger partial charge in [-0.2, -0.15) is 0 Å². The van der Waals surface area contributed by atoms with Crippen LogP contribution in [0.5, 0.6) is 17.2 Å². The number of nitrogens with one attached hydrogen (secondary N) is 2. The van der Waals surface area contributed by atoms with Gasteiger partial charge in [0.05, 0.1) is 20.8 Å². The van der Waals surface area contributed by atoms with Crippen molar-refractivity contribution in [2.45, 2.75) is 51.6 Å². The maximum Gasteiger partial charge on any atom is 0.258 e. The Morgan fingerprint density at radius 2 is 1.70 bits per heavy atom. The van der Waals surface area contributed by atoms with Gasteiger partial charge in [0.2, 0.25) is 11.8 Å². The summed E-state index contributed by atoms with van der Waals surface area (Å²) in [5.41, 5.74) is 1.88. The number of fused-ring (bicyclic) bond motifs is 2. The van der Waals surface area contributed by atoms with Gasteiger partial charge in [0.15, 0.2) is 18.1 Å². The summed E-state index contributed by atoms with van der Waals surface area (Å²) in [7, 11) is 4.92. The van der Waals surface area contributed by atoms with E-state index in [1.807, 2.05) is 36.5 Å². The number of imidazole rings is 1. The number of amides is 3. The van der Waals surface area contributed by atoms with Gasteiger partial charge in [-0.25, -0.2) is 4.98 Å². The van der Waals surface area contributed by atoms with E-state index in [4.69, 9.17) is 14.2 Å². The minimum Gasteiger partial charge on any atom is -0.497 e. The molecule has 2 heterocycles. The molecule has 0 saturated heterocycles. The van der Waals surface area contributed by atoms with Crippen LogP contribution in [0.15, 0.2) is 54.9 Å². The third kappa shape index (κ3) is 9.96. The molecule has 3 aromatic rings. The van der Waals surface area contributed by atoms with Crippen molar-refractivity contribution in [1.82, 2.24) is 30.0 Å². The number of carbonyl (C=O) groups excluding carboxylic acids is 3. The van der Waals surface area contributed by atoms with E-state index in [0.717, 1.165) is 55.2 Å². The highest BCUT2D eigenvalue weighted by Gasteiger charge is 2.20. The fourth-order valence-electron chi connectivity index (χ4n) is 5.38. The largest absolute Gasteiger partial charge is 0.497 e. The monoisotopic (exact) mass is 634 g/mol. The Hall–Kier alpha value is -4.58. The number of hydrogen-bond acceptors (Lipinski definition) is 8. The number of hydrogen-bond donors (Lipinski definition) is 2. The average molecular weight is 635 g/mol. The van der Waals surface area contributed by atoms with E-state index in [9.17, 15) is 14.4 Å². The molecule has 0 unspecified atom stereocenters. The minimum atomic E-state index is -0.695. The number of ether oxygens (including phenoxy) is 3. The molecule has 1 atom stereocenters. The standard InChI is InChI=1S/C34H46N6O6/c1-25-34(43)38(2)18-5-6-19-39(23-31-35-17-21-40(31)27-10-12-28(44-3)13-11-27)20-7-16-36-32(41)15-9-26-8-14-29(45-4)30(22-26)46-24-33(42)37-25/h8,10-14,17,21-22,25H,5-7,9,15-16,18-20,23-24H2,1-4H3,(H,36,41)(H,37,42)/t25-/m0/s1. The molecule has 1 aromatic heterocycles. The first-order valence-electron chi connectivity index (χ1n) is 15.8. The van der Waals surface area contributed by atoms with Gasteiger partial charge in [0.25, 0.3) is 5.91 Å². The van der Waals surface area contributed by atoms with Gasteiger partial charge in [-0.1, -0.05) is 6.07 Å². The summed E-state index contributed by atoms with van der Waals surface area (Å²) in [4.78, 5) is 46.9. The van der Waals surface area contributed by atoms with Gasteiger partial charge in [-0.15, -0.1) is 0 Å². The molecule has 3 amide bonds. The van der Waals surface area contributed by atoms with Crippen molar-refractivity contribution in [1.29, 1.82) is 0 Å². The van der Waals surface area contributed by atoms with Gasteiger partial charge in [0, 0.05) is 51.2 Å². The third-order valence-corrected chi connectivity index (χ3v) is 7.98. The first kappa shape index (κ1) is 34.3. The van der Waals surface area contributed by atoms with Crippen LogP contribution in [0.25, 0.3) is 5.69 Å². The highest BCUT2D eigenvalue weighted by molar-refractivity contribution is 5.87. The van der Waals surface area contributed by atoms with E-state index in [0.29, 0.717) is 44.0 Å². The molecular formula is C34H46N6O6. The normalized spacial score (nSPS) is 18.4. The molecular weight excluding hydrogens is 588 g/mol. The predicted octanol–water partition coefficient (Wildman–Crippen LogP) is 2.97. The second kappa shape index (κ2) is 17.2. The predicted molar refractivity (Wildman–Crippen MR) is 174 cm³/mol. The Morgan fingerprint density at radius 3 is 2.46 bits per heavy atom. The van der Waals surface area contributed by atoms with Crippen LogP contribution in [0.1, 0.15) is 44.0 Å². The average Bonchev–Trinajstić information content (AvgIpc) is 3.53. The molecule has 46 heavy (non-hydrogen) atoms. The number of benzene rings is 2. The van der Waals surface area contributed by atoms with Crippen molar-refractivity contribution in [3.05, 3.63) is 66.2 Å². The van der Waals surface area contributed by atoms with E-state index in [1.165, 1.54) is 7.11 Å². The molecule has 2 aromatic carbocycles. The van der Waals surface area contributed by atoms with Crippen molar-refractivity contribution in [3.8, 4) is 22.9 Å². The number of aromatic nitrogens is 2. The molecule has 0 spiro atoms. The zero-order valence-electron chi connectivity index (χ0n) is 27.3. The zero-order valence-corrected chi connectivity index (χ0v) is 27.3. The summed E-state index contributed by atoms with van der Waals surface area (Å²) in [6, 6.07) is 12.6. The fourth-order valence-corrected chi connectivity index (χ4v) is 5.38. The Morgan fingerprint density at radius 1 is 0.935 bits per heavy atom. The van der Waals surface area contributed by atoms with Crippen molar-refractivity contribution in [3.63, 3.8) is 0 Å². The van der Waals surface area contributed by atoms with Gasteiger partial charge in [-0.05, 0) is 81.1 Å². The van der Waals surface area contributed by atoms with Crippen LogP contribution >= 0.6 is 0 Å².